The maximum atomic E-state index is 12.8. The molecule has 0 bridgehead atoms. The Balaban J connectivity index is 1.49. The molecule has 2 aromatic rings. The molecule has 0 radical (unpaired) electrons. The van der Waals surface area contributed by atoms with E-state index in [1.165, 1.54) is 0 Å². The molecule has 2 aromatic heterocycles. The van der Waals surface area contributed by atoms with Crippen molar-refractivity contribution in [2.45, 2.75) is 58.6 Å². The molecule has 0 saturated carbocycles. The van der Waals surface area contributed by atoms with Crippen LogP contribution in [0.5, 0.6) is 0 Å². The molecule has 182 valence electrons. The molecule has 8 nitrogen and oxygen atoms in total. The number of pyridine rings is 2. The van der Waals surface area contributed by atoms with Crippen LogP contribution in [0, 0.1) is 5.92 Å². The summed E-state index contributed by atoms with van der Waals surface area (Å²) in [6.07, 6.45) is 8.29. The summed E-state index contributed by atoms with van der Waals surface area (Å²) in [6, 6.07) is 4.13. The van der Waals surface area contributed by atoms with Gasteiger partial charge >= 0.3 is 6.09 Å². The van der Waals surface area contributed by atoms with Crippen LogP contribution < -0.4 is 4.90 Å². The maximum Gasteiger partial charge on any atom is 0.416 e. The van der Waals surface area contributed by atoms with Gasteiger partial charge in [-0.1, -0.05) is 0 Å². The molecule has 1 fully saturated rings. The standard InChI is InChI=1S/C26H34N4O4/c1-26(2,3)34-25(32)30-9-5-6-20-13-22(16-28-23(20)30)21-12-18(14-27-15-21)17-29(4)24(31)19-7-10-33-11-8-19/h12-16,19H,5-11,17H2,1-4H3. The Labute approximate surface area is 201 Å². The van der Waals surface area contributed by atoms with Crippen molar-refractivity contribution in [3.8, 4) is 11.1 Å². The molecule has 8 heteroatoms. The lowest BCUT2D eigenvalue weighted by Gasteiger charge is -2.30. The van der Waals surface area contributed by atoms with E-state index in [0.717, 1.165) is 47.9 Å². The molecule has 4 heterocycles. The molecule has 2 aliphatic heterocycles. The van der Waals surface area contributed by atoms with Crippen molar-refractivity contribution in [2.75, 3.05) is 31.7 Å². The quantitative estimate of drug-likeness (QED) is 0.671. The predicted molar refractivity (Wildman–Crippen MR) is 129 cm³/mol. The zero-order chi connectivity index (χ0) is 24.3. The Morgan fingerprint density at radius 3 is 2.62 bits per heavy atom. The second kappa shape index (κ2) is 10.1. The number of hydrogen-bond donors (Lipinski definition) is 0. The van der Waals surface area contributed by atoms with Gasteiger partial charge in [-0.15, -0.1) is 0 Å². The van der Waals surface area contributed by atoms with Crippen LogP contribution in [-0.2, 0) is 27.2 Å². The van der Waals surface area contributed by atoms with Crippen LogP contribution in [0.4, 0.5) is 10.6 Å². The molecule has 0 spiro atoms. The third-order valence-corrected chi connectivity index (χ3v) is 6.13. The largest absolute Gasteiger partial charge is 0.443 e. The van der Waals surface area contributed by atoms with E-state index in [1.807, 2.05) is 34.0 Å². The second-order valence-corrected chi connectivity index (χ2v) is 10.1. The monoisotopic (exact) mass is 466 g/mol. The van der Waals surface area contributed by atoms with Gasteiger partial charge in [0.1, 0.15) is 11.4 Å². The first-order valence-electron chi connectivity index (χ1n) is 12.0. The van der Waals surface area contributed by atoms with Crippen LogP contribution in [0.2, 0.25) is 0 Å². The lowest BCUT2D eigenvalue weighted by molar-refractivity contribution is -0.137. The number of fused-ring (bicyclic) bond motifs is 1. The van der Waals surface area contributed by atoms with Gasteiger partial charge in [-0.3, -0.25) is 14.7 Å². The Kier molecular flexibility index (Phi) is 7.16. The maximum absolute atomic E-state index is 12.8. The van der Waals surface area contributed by atoms with Crippen molar-refractivity contribution < 1.29 is 19.1 Å². The molecule has 4 rings (SSSR count). The van der Waals surface area contributed by atoms with E-state index in [2.05, 4.69) is 22.1 Å². The minimum absolute atomic E-state index is 0.0349. The average Bonchev–Trinajstić information content (AvgIpc) is 2.82. The average molecular weight is 467 g/mol. The van der Waals surface area contributed by atoms with Crippen LogP contribution in [0.25, 0.3) is 11.1 Å². The Hall–Kier alpha value is -3.00. The fourth-order valence-electron chi connectivity index (χ4n) is 4.46. The molecule has 0 atom stereocenters. The minimum Gasteiger partial charge on any atom is -0.443 e. The van der Waals surface area contributed by atoms with Crippen LogP contribution in [-0.4, -0.2) is 59.3 Å². The Morgan fingerprint density at radius 1 is 1.15 bits per heavy atom. The lowest BCUT2D eigenvalue weighted by Crippen LogP contribution is -2.40. The van der Waals surface area contributed by atoms with Crippen molar-refractivity contribution in [3.63, 3.8) is 0 Å². The van der Waals surface area contributed by atoms with Gasteiger partial charge in [0, 0.05) is 69.0 Å². The van der Waals surface area contributed by atoms with E-state index in [1.54, 1.807) is 22.2 Å². The van der Waals surface area contributed by atoms with Crippen LogP contribution in [0.15, 0.2) is 30.7 Å². The van der Waals surface area contributed by atoms with E-state index >= 15 is 0 Å². The van der Waals surface area contributed by atoms with Crippen LogP contribution >= 0.6 is 0 Å². The lowest BCUT2D eigenvalue weighted by atomic mass is 9.98. The molecular formula is C26H34N4O4. The van der Waals surface area contributed by atoms with E-state index in [4.69, 9.17) is 9.47 Å². The predicted octanol–water partition coefficient (Wildman–Crippen LogP) is 4.22. The Morgan fingerprint density at radius 2 is 1.88 bits per heavy atom. The summed E-state index contributed by atoms with van der Waals surface area (Å²) in [5.41, 5.74) is 3.31. The van der Waals surface area contributed by atoms with Crippen molar-refractivity contribution in [1.29, 1.82) is 0 Å². The van der Waals surface area contributed by atoms with E-state index < -0.39 is 5.60 Å². The number of aromatic nitrogens is 2. The number of carbonyl (C=O) groups is 2. The van der Waals surface area contributed by atoms with E-state index in [9.17, 15) is 9.59 Å². The number of rotatable bonds is 4. The zero-order valence-electron chi connectivity index (χ0n) is 20.5. The summed E-state index contributed by atoms with van der Waals surface area (Å²) in [7, 11) is 1.84. The third-order valence-electron chi connectivity index (χ3n) is 6.13. The summed E-state index contributed by atoms with van der Waals surface area (Å²) < 4.78 is 10.9. The van der Waals surface area contributed by atoms with Gasteiger partial charge in [0.05, 0.1) is 0 Å². The van der Waals surface area contributed by atoms with Crippen molar-refractivity contribution in [3.05, 3.63) is 41.9 Å². The number of amides is 2. The first-order chi connectivity index (χ1) is 16.2. The third kappa shape index (κ3) is 5.73. The first kappa shape index (κ1) is 24.1. The highest BCUT2D eigenvalue weighted by atomic mass is 16.6. The Bertz CT molecular complexity index is 1040. The fraction of sp³-hybridized carbons (Fsp3) is 0.538. The van der Waals surface area contributed by atoms with Gasteiger partial charge in [0.2, 0.25) is 5.91 Å². The van der Waals surface area contributed by atoms with Gasteiger partial charge in [-0.05, 0) is 69.7 Å². The number of hydrogen-bond acceptors (Lipinski definition) is 6. The molecule has 0 unspecified atom stereocenters. The molecule has 34 heavy (non-hydrogen) atoms. The van der Waals surface area contributed by atoms with Crippen LogP contribution in [0.3, 0.4) is 0 Å². The zero-order valence-corrected chi connectivity index (χ0v) is 20.5. The van der Waals surface area contributed by atoms with Gasteiger partial charge in [-0.25, -0.2) is 9.78 Å². The summed E-state index contributed by atoms with van der Waals surface area (Å²) in [5, 5.41) is 0. The summed E-state index contributed by atoms with van der Waals surface area (Å²) in [4.78, 5) is 37.9. The number of ether oxygens (including phenoxy) is 2. The molecule has 2 aliphatic rings. The summed E-state index contributed by atoms with van der Waals surface area (Å²) >= 11 is 0. The molecule has 0 aliphatic carbocycles. The van der Waals surface area contributed by atoms with Crippen molar-refractivity contribution in [1.82, 2.24) is 14.9 Å². The van der Waals surface area contributed by atoms with Gasteiger partial charge in [0.15, 0.2) is 0 Å². The molecular weight excluding hydrogens is 432 g/mol. The highest BCUT2D eigenvalue weighted by Crippen LogP contribution is 2.30. The number of carbonyl (C=O) groups excluding carboxylic acids is 2. The molecule has 0 aromatic carbocycles. The number of nitrogens with zero attached hydrogens (tertiary/aromatic N) is 4. The van der Waals surface area contributed by atoms with Gasteiger partial charge in [0.25, 0.3) is 0 Å². The molecule has 0 N–H and O–H groups in total. The second-order valence-electron chi connectivity index (χ2n) is 10.1. The van der Waals surface area contributed by atoms with Gasteiger partial charge < -0.3 is 14.4 Å². The van der Waals surface area contributed by atoms with Crippen molar-refractivity contribution >= 4 is 17.8 Å². The number of aryl methyl sites for hydroxylation is 1. The number of anilines is 1. The molecule has 1 saturated heterocycles. The van der Waals surface area contributed by atoms with E-state index in [-0.39, 0.29) is 17.9 Å². The first-order valence-corrected chi connectivity index (χ1v) is 12.0. The van der Waals surface area contributed by atoms with E-state index in [0.29, 0.717) is 32.1 Å². The summed E-state index contributed by atoms with van der Waals surface area (Å²) in [6.45, 7) is 7.99. The summed E-state index contributed by atoms with van der Waals surface area (Å²) in [5.74, 6) is 0.856. The highest BCUT2D eigenvalue weighted by Gasteiger charge is 2.29. The smallest absolute Gasteiger partial charge is 0.416 e. The highest BCUT2D eigenvalue weighted by molar-refractivity contribution is 5.88. The minimum atomic E-state index is -0.556. The van der Waals surface area contributed by atoms with Gasteiger partial charge in [-0.2, -0.15) is 0 Å². The normalized spacial score (nSPS) is 16.6. The van der Waals surface area contributed by atoms with Crippen LogP contribution in [0.1, 0.15) is 51.2 Å². The SMILES string of the molecule is CN(Cc1cncc(-c2cnc3c(c2)CCCN3C(=O)OC(C)(C)C)c1)C(=O)C1CCOCC1. The van der Waals surface area contributed by atoms with Crippen molar-refractivity contribution in [2.24, 2.45) is 5.92 Å². The fourth-order valence-corrected chi connectivity index (χ4v) is 4.46. The molecule has 2 amide bonds. The topological polar surface area (TPSA) is 84.9 Å².